The molecule has 0 amide bonds. The van der Waals surface area contributed by atoms with Crippen molar-refractivity contribution in [1.82, 2.24) is 5.32 Å². The van der Waals surface area contributed by atoms with E-state index >= 15 is 0 Å². The summed E-state index contributed by atoms with van der Waals surface area (Å²) < 4.78 is 10.8. The van der Waals surface area contributed by atoms with Crippen LogP contribution in [0.15, 0.2) is 24.3 Å². The fourth-order valence-corrected chi connectivity index (χ4v) is 1.91. The predicted molar refractivity (Wildman–Crippen MR) is 80.1 cm³/mol. The first kappa shape index (κ1) is 15.8. The predicted octanol–water partition coefficient (Wildman–Crippen LogP) is 3.63. The van der Waals surface area contributed by atoms with Crippen molar-refractivity contribution in [2.24, 2.45) is 0 Å². The van der Waals surface area contributed by atoms with Gasteiger partial charge in [-0.3, -0.25) is 0 Å². The smallest absolute Gasteiger partial charge is 0.119 e. The first-order valence-corrected chi connectivity index (χ1v) is 7.26. The molecule has 0 aromatic heterocycles. The van der Waals surface area contributed by atoms with Gasteiger partial charge in [0, 0.05) is 6.04 Å². The van der Waals surface area contributed by atoms with Crippen LogP contribution in [0.5, 0.6) is 11.5 Å². The van der Waals surface area contributed by atoms with Crippen molar-refractivity contribution in [1.29, 1.82) is 0 Å². The van der Waals surface area contributed by atoms with E-state index in [9.17, 15) is 0 Å². The minimum absolute atomic E-state index is 0.612. The summed E-state index contributed by atoms with van der Waals surface area (Å²) in [7, 11) is 1.67. The Hall–Kier alpha value is -1.22. The summed E-state index contributed by atoms with van der Waals surface area (Å²) in [4.78, 5) is 0. The van der Waals surface area contributed by atoms with E-state index in [1.807, 2.05) is 24.3 Å². The Morgan fingerprint density at radius 2 is 1.79 bits per heavy atom. The minimum atomic E-state index is 0.612. The van der Waals surface area contributed by atoms with E-state index in [0.717, 1.165) is 31.1 Å². The summed E-state index contributed by atoms with van der Waals surface area (Å²) in [6.07, 6.45) is 4.72. The van der Waals surface area contributed by atoms with Gasteiger partial charge >= 0.3 is 0 Å². The van der Waals surface area contributed by atoms with Gasteiger partial charge in [0.2, 0.25) is 0 Å². The number of hydrogen-bond acceptors (Lipinski definition) is 3. The Morgan fingerprint density at radius 1 is 1.11 bits per heavy atom. The first-order chi connectivity index (χ1) is 9.26. The number of methoxy groups -OCH3 is 1. The summed E-state index contributed by atoms with van der Waals surface area (Å²) in [5, 5.41) is 3.50. The fourth-order valence-electron chi connectivity index (χ4n) is 1.91. The molecule has 0 radical (unpaired) electrons. The molecule has 0 heterocycles. The zero-order chi connectivity index (χ0) is 13.9. The molecule has 108 valence electrons. The molecule has 0 aliphatic rings. The van der Waals surface area contributed by atoms with E-state index < -0.39 is 0 Å². The van der Waals surface area contributed by atoms with Crippen molar-refractivity contribution in [3.05, 3.63) is 24.3 Å². The van der Waals surface area contributed by atoms with E-state index in [1.165, 1.54) is 19.3 Å². The molecule has 0 aliphatic carbocycles. The van der Waals surface area contributed by atoms with Crippen LogP contribution in [0.1, 0.15) is 39.5 Å². The van der Waals surface area contributed by atoms with Crippen LogP contribution in [0, 0.1) is 0 Å². The monoisotopic (exact) mass is 265 g/mol. The maximum atomic E-state index is 5.69. The zero-order valence-corrected chi connectivity index (χ0v) is 12.4. The standard InChI is InChI=1S/C16H27NO2/c1-4-12-17-14(2)7-5-6-13-19-16-10-8-15(18-3)9-11-16/h8-11,14,17H,4-7,12-13H2,1-3H3. The summed E-state index contributed by atoms with van der Waals surface area (Å²) >= 11 is 0. The Morgan fingerprint density at radius 3 is 2.42 bits per heavy atom. The molecule has 1 aromatic carbocycles. The van der Waals surface area contributed by atoms with Crippen molar-refractivity contribution < 1.29 is 9.47 Å². The molecule has 3 nitrogen and oxygen atoms in total. The third-order valence-corrected chi connectivity index (χ3v) is 3.10. The SMILES string of the molecule is CCCNC(C)CCCCOc1ccc(OC)cc1. The van der Waals surface area contributed by atoms with Crippen LogP contribution in [0.25, 0.3) is 0 Å². The Labute approximate surface area is 117 Å². The lowest BCUT2D eigenvalue weighted by Crippen LogP contribution is -2.26. The van der Waals surface area contributed by atoms with Gasteiger partial charge in [0.1, 0.15) is 11.5 Å². The van der Waals surface area contributed by atoms with Crippen LogP contribution in [0.2, 0.25) is 0 Å². The highest BCUT2D eigenvalue weighted by Gasteiger charge is 2.00. The third kappa shape index (κ3) is 7.06. The Kier molecular flexibility index (Phi) is 8.07. The molecule has 0 spiro atoms. The quantitative estimate of drug-likeness (QED) is 0.655. The second-order valence-electron chi connectivity index (χ2n) is 4.87. The van der Waals surface area contributed by atoms with Crippen LogP contribution in [0.4, 0.5) is 0 Å². The molecule has 1 unspecified atom stereocenters. The summed E-state index contributed by atoms with van der Waals surface area (Å²) in [6.45, 7) is 6.35. The number of nitrogens with one attached hydrogen (secondary N) is 1. The van der Waals surface area contributed by atoms with Gasteiger partial charge in [-0.05, 0) is 63.4 Å². The van der Waals surface area contributed by atoms with Crippen molar-refractivity contribution in [2.45, 2.75) is 45.6 Å². The van der Waals surface area contributed by atoms with E-state index in [1.54, 1.807) is 7.11 Å². The number of unbranched alkanes of at least 4 members (excludes halogenated alkanes) is 1. The van der Waals surface area contributed by atoms with Crippen LogP contribution in [-0.4, -0.2) is 26.3 Å². The Bertz CT molecular complexity index is 324. The fraction of sp³-hybridized carbons (Fsp3) is 0.625. The highest BCUT2D eigenvalue weighted by Crippen LogP contribution is 2.17. The van der Waals surface area contributed by atoms with Gasteiger partial charge in [-0.25, -0.2) is 0 Å². The lowest BCUT2D eigenvalue weighted by molar-refractivity contribution is 0.301. The van der Waals surface area contributed by atoms with Crippen LogP contribution in [-0.2, 0) is 0 Å². The highest BCUT2D eigenvalue weighted by molar-refractivity contribution is 5.31. The lowest BCUT2D eigenvalue weighted by atomic mass is 10.1. The molecule has 0 bridgehead atoms. The molecule has 1 rings (SSSR count). The lowest BCUT2D eigenvalue weighted by Gasteiger charge is -2.13. The van der Waals surface area contributed by atoms with Gasteiger partial charge in [0.15, 0.2) is 0 Å². The average Bonchev–Trinajstić information content (AvgIpc) is 2.45. The van der Waals surface area contributed by atoms with Crippen LogP contribution in [0.3, 0.4) is 0 Å². The van der Waals surface area contributed by atoms with Gasteiger partial charge in [0.05, 0.1) is 13.7 Å². The van der Waals surface area contributed by atoms with Crippen molar-refractivity contribution in [3.63, 3.8) is 0 Å². The molecule has 19 heavy (non-hydrogen) atoms. The second kappa shape index (κ2) is 9.68. The summed E-state index contributed by atoms with van der Waals surface area (Å²) in [5.41, 5.74) is 0. The van der Waals surface area contributed by atoms with E-state index in [4.69, 9.17) is 9.47 Å². The molecule has 0 fully saturated rings. The molecule has 1 atom stereocenters. The average molecular weight is 265 g/mol. The van der Waals surface area contributed by atoms with Crippen molar-refractivity contribution >= 4 is 0 Å². The second-order valence-corrected chi connectivity index (χ2v) is 4.87. The molecular formula is C16H27NO2. The van der Waals surface area contributed by atoms with Crippen LogP contribution >= 0.6 is 0 Å². The van der Waals surface area contributed by atoms with Gasteiger partial charge in [-0.2, -0.15) is 0 Å². The van der Waals surface area contributed by atoms with Crippen LogP contribution < -0.4 is 14.8 Å². The molecule has 0 aliphatic heterocycles. The van der Waals surface area contributed by atoms with Gasteiger partial charge in [-0.1, -0.05) is 6.92 Å². The summed E-state index contributed by atoms with van der Waals surface area (Å²) in [5.74, 6) is 1.78. The Balaban J connectivity index is 2.06. The highest BCUT2D eigenvalue weighted by atomic mass is 16.5. The minimum Gasteiger partial charge on any atom is -0.497 e. The zero-order valence-electron chi connectivity index (χ0n) is 12.4. The number of hydrogen-bond donors (Lipinski definition) is 1. The number of benzene rings is 1. The van der Waals surface area contributed by atoms with Gasteiger partial charge in [0.25, 0.3) is 0 Å². The molecule has 1 N–H and O–H groups in total. The molecule has 3 heteroatoms. The first-order valence-electron chi connectivity index (χ1n) is 7.26. The van der Waals surface area contributed by atoms with E-state index in [-0.39, 0.29) is 0 Å². The normalized spacial score (nSPS) is 12.2. The van der Waals surface area contributed by atoms with Gasteiger partial charge in [-0.15, -0.1) is 0 Å². The molecular weight excluding hydrogens is 238 g/mol. The number of ether oxygens (including phenoxy) is 2. The van der Waals surface area contributed by atoms with Gasteiger partial charge < -0.3 is 14.8 Å². The molecule has 0 saturated heterocycles. The van der Waals surface area contributed by atoms with E-state index in [2.05, 4.69) is 19.2 Å². The molecule has 0 saturated carbocycles. The molecule has 1 aromatic rings. The summed E-state index contributed by atoms with van der Waals surface area (Å²) in [6, 6.07) is 8.35. The largest absolute Gasteiger partial charge is 0.497 e. The van der Waals surface area contributed by atoms with E-state index in [0.29, 0.717) is 6.04 Å². The topological polar surface area (TPSA) is 30.5 Å². The third-order valence-electron chi connectivity index (χ3n) is 3.10. The van der Waals surface area contributed by atoms with Crippen molar-refractivity contribution in [2.75, 3.05) is 20.3 Å². The maximum absolute atomic E-state index is 5.69. The number of rotatable bonds is 10. The van der Waals surface area contributed by atoms with Crippen molar-refractivity contribution in [3.8, 4) is 11.5 Å². The maximum Gasteiger partial charge on any atom is 0.119 e.